The average molecular weight is 119 g/mol. The largest absolute Gasteiger partial charge is 1.00 e. The maximum atomic E-state index is 5.12. The minimum atomic E-state index is 0. The van der Waals surface area contributed by atoms with E-state index in [0.29, 0.717) is 0 Å². The van der Waals surface area contributed by atoms with Gasteiger partial charge in [-0.1, -0.05) is 18.2 Å². The van der Waals surface area contributed by atoms with Gasteiger partial charge < -0.3 is 4.42 Å². The molecule has 9 heavy (non-hydrogen) atoms. The van der Waals surface area contributed by atoms with Crippen molar-refractivity contribution in [3.05, 3.63) is 36.6 Å². The van der Waals surface area contributed by atoms with E-state index in [1.807, 2.05) is 30.3 Å². The third kappa shape index (κ3) is 0.617. The van der Waals surface area contributed by atoms with Gasteiger partial charge in [-0.3, -0.25) is 0 Å². The molecule has 0 radical (unpaired) electrons. The van der Waals surface area contributed by atoms with Crippen LogP contribution in [0.25, 0.3) is 11.0 Å². The predicted octanol–water partition coefficient (Wildman–Crippen LogP) is 2.55. The second kappa shape index (κ2) is 1.62. The van der Waals surface area contributed by atoms with Gasteiger partial charge in [0.1, 0.15) is 5.58 Å². The van der Waals surface area contributed by atoms with Gasteiger partial charge in [-0.25, -0.2) is 0 Å². The third-order valence-electron chi connectivity index (χ3n) is 1.36. The number of para-hydroxylation sites is 1. The van der Waals surface area contributed by atoms with E-state index in [2.05, 4.69) is 0 Å². The molecule has 0 N–H and O–H groups in total. The molecule has 1 aromatic heterocycles. The van der Waals surface area contributed by atoms with Crippen LogP contribution >= 0.6 is 0 Å². The Hall–Kier alpha value is -1.24. The Balaban J connectivity index is 0.000000500. The molecule has 1 heterocycles. The summed E-state index contributed by atoms with van der Waals surface area (Å²) in [4.78, 5) is 0. The third-order valence-corrected chi connectivity index (χ3v) is 1.36. The number of hydrogen-bond donors (Lipinski definition) is 0. The molecule has 0 spiro atoms. The van der Waals surface area contributed by atoms with Crippen molar-refractivity contribution >= 4 is 11.0 Å². The fourth-order valence-electron chi connectivity index (χ4n) is 0.906. The first-order chi connectivity index (χ1) is 4.47. The van der Waals surface area contributed by atoms with Crippen molar-refractivity contribution in [1.82, 2.24) is 0 Å². The van der Waals surface area contributed by atoms with Gasteiger partial charge in [-0.15, -0.1) is 0 Å². The van der Waals surface area contributed by atoms with Gasteiger partial charge in [-0.05, 0) is 12.1 Å². The summed E-state index contributed by atoms with van der Waals surface area (Å²) < 4.78 is 5.12. The standard InChI is InChI=1S/C8H6O/c1-2-4-8-7(3-1)5-6-9-8/h1-6H/p+1. The number of benzene rings is 1. The Morgan fingerprint density at radius 1 is 1.11 bits per heavy atom. The molecular formula is C8H7O+. The summed E-state index contributed by atoms with van der Waals surface area (Å²) in [6.07, 6.45) is 1.70. The van der Waals surface area contributed by atoms with E-state index >= 15 is 0 Å². The van der Waals surface area contributed by atoms with Crippen LogP contribution < -0.4 is 0 Å². The van der Waals surface area contributed by atoms with Crippen LogP contribution in [0, 0.1) is 0 Å². The molecule has 1 nitrogen and oxygen atoms in total. The first-order valence-electron chi connectivity index (χ1n) is 2.89. The van der Waals surface area contributed by atoms with Crippen LogP contribution in [0.1, 0.15) is 1.43 Å². The summed E-state index contributed by atoms with van der Waals surface area (Å²) in [5.41, 5.74) is 0.956. The molecule has 2 aromatic rings. The van der Waals surface area contributed by atoms with Crippen LogP contribution in [-0.4, -0.2) is 0 Å². The molecule has 1 aromatic carbocycles. The molecule has 0 atom stereocenters. The summed E-state index contributed by atoms with van der Waals surface area (Å²) >= 11 is 0. The van der Waals surface area contributed by atoms with Gasteiger partial charge in [-0.2, -0.15) is 0 Å². The van der Waals surface area contributed by atoms with Crippen LogP contribution in [0.5, 0.6) is 0 Å². The highest BCUT2D eigenvalue weighted by Gasteiger charge is 1.89. The van der Waals surface area contributed by atoms with Crippen LogP contribution in [0.2, 0.25) is 0 Å². The van der Waals surface area contributed by atoms with Crippen molar-refractivity contribution in [3.8, 4) is 0 Å². The van der Waals surface area contributed by atoms with Gasteiger partial charge in [0, 0.05) is 5.39 Å². The lowest BCUT2D eigenvalue weighted by Crippen LogP contribution is -1.57. The summed E-state index contributed by atoms with van der Waals surface area (Å²) in [6.45, 7) is 0. The average Bonchev–Trinajstić information content (AvgIpc) is 2.33. The Morgan fingerprint density at radius 3 is 2.89 bits per heavy atom. The zero-order valence-electron chi connectivity index (χ0n) is 5.87. The van der Waals surface area contributed by atoms with Crippen LogP contribution in [0.3, 0.4) is 0 Å². The minimum Gasteiger partial charge on any atom is -0.464 e. The number of rotatable bonds is 0. The van der Waals surface area contributed by atoms with E-state index in [1.165, 1.54) is 0 Å². The summed E-state index contributed by atoms with van der Waals surface area (Å²) in [5.74, 6) is 0. The highest BCUT2D eigenvalue weighted by atomic mass is 16.3. The monoisotopic (exact) mass is 119 g/mol. The van der Waals surface area contributed by atoms with Gasteiger partial charge in [0.25, 0.3) is 0 Å². The fraction of sp³-hybridized carbons (Fsp3) is 0. The lowest BCUT2D eigenvalue weighted by molar-refractivity contribution is 0.616. The van der Waals surface area contributed by atoms with E-state index in [4.69, 9.17) is 4.42 Å². The van der Waals surface area contributed by atoms with E-state index in [0.717, 1.165) is 11.0 Å². The first-order valence-corrected chi connectivity index (χ1v) is 2.89. The molecule has 0 saturated heterocycles. The molecule has 2 rings (SSSR count). The fourth-order valence-corrected chi connectivity index (χ4v) is 0.906. The SMILES string of the molecule is [H+].c1ccc2occc2c1. The quantitative estimate of drug-likeness (QED) is 0.519. The Labute approximate surface area is 54.4 Å². The lowest BCUT2D eigenvalue weighted by Gasteiger charge is -1.81. The smallest absolute Gasteiger partial charge is 0.464 e. The van der Waals surface area contributed by atoms with Gasteiger partial charge in [0.2, 0.25) is 0 Å². The van der Waals surface area contributed by atoms with E-state index in [1.54, 1.807) is 6.26 Å². The second-order valence-electron chi connectivity index (χ2n) is 1.96. The summed E-state index contributed by atoms with van der Waals surface area (Å²) in [5, 5.41) is 1.16. The van der Waals surface area contributed by atoms with Crippen molar-refractivity contribution in [3.63, 3.8) is 0 Å². The van der Waals surface area contributed by atoms with Crippen molar-refractivity contribution in [2.45, 2.75) is 0 Å². The maximum absolute atomic E-state index is 5.12. The van der Waals surface area contributed by atoms with Crippen molar-refractivity contribution in [1.29, 1.82) is 0 Å². The first kappa shape index (κ1) is 4.62. The van der Waals surface area contributed by atoms with Crippen LogP contribution in [0.15, 0.2) is 41.0 Å². The molecule has 0 aliphatic carbocycles. The van der Waals surface area contributed by atoms with Gasteiger partial charge in [0.05, 0.1) is 6.26 Å². The zero-order valence-corrected chi connectivity index (χ0v) is 4.87. The molecule has 0 fully saturated rings. The number of fused-ring (bicyclic) bond motifs is 1. The normalized spacial score (nSPS) is 10.2. The van der Waals surface area contributed by atoms with E-state index in [-0.39, 0.29) is 1.43 Å². The second-order valence-corrected chi connectivity index (χ2v) is 1.96. The molecule has 0 aliphatic rings. The van der Waals surface area contributed by atoms with Crippen molar-refractivity contribution < 1.29 is 5.84 Å². The van der Waals surface area contributed by atoms with E-state index in [9.17, 15) is 0 Å². The summed E-state index contributed by atoms with van der Waals surface area (Å²) in [7, 11) is 0. The molecule has 0 bridgehead atoms. The maximum Gasteiger partial charge on any atom is 1.00 e. The molecule has 0 saturated carbocycles. The highest BCUT2D eigenvalue weighted by molar-refractivity contribution is 5.76. The van der Waals surface area contributed by atoms with Gasteiger partial charge >= 0.3 is 1.43 Å². The Morgan fingerprint density at radius 2 is 2.00 bits per heavy atom. The summed E-state index contributed by atoms with van der Waals surface area (Å²) in [6, 6.07) is 9.90. The van der Waals surface area contributed by atoms with Crippen LogP contribution in [0.4, 0.5) is 0 Å². The van der Waals surface area contributed by atoms with Crippen molar-refractivity contribution in [2.24, 2.45) is 0 Å². The minimum absolute atomic E-state index is 0. The number of furan rings is 1. The lowest BCUT2D eigenvalue weighted by atomic mass is 10.3. The van der Waals surface area contributed by atoms with Gasteiger partial charge in [0.15, 0.2) is 0 Å². The van der Waals surface area contributed by atoms with Crippen LogP contribution in [-0.2, 0) is 0 Å². The molecular weight excluding hydrogens is 112 g/mol. The molecule has 0 aliphatic heterocycles. The Bertz CT molecular complexity index is 283. The Kier molecular flexibility index (Phi) is 0.833. The molecule has 0 amide bonds. The topological polar surface area (TPSA) is 13.1 Å². The van der Waals surface area contributed by atoms with Crippen molar-refractivity contribution in [2.75, 3.05) is 0 Å². The molecule has 44 valence electrons. The molecule has 0 unspecified atom stereocenters. The molecule has 1 heteroatoms. The van der Waals surface area contributed by atoms with E-state index < -0.39 is 0 Å². The predicted molar refractivity (Wildman–Crippen MR) is 37.3 cm³/mol. The highest BCUT2D eigenvalue weighted by Crippen LogP contribution is 2.12. The zero-order chi connectivity index (χ0) is 6.10. The number of hydrogen-bond acceptors (Lipinski definition) is 1.